The van der Waals surface area contributed by atoms with E-state index in [1.54, 1.807) is 31.4 Å². The molecule has 1 aromatic heterocycles. The van der Waals surface area contributed by atoms with Gasteiger partial charge in [-0.2, -0.15) is 4.80 Å². The van der Waals surface area contributed by atoms with Gasteiger partial charge in [0.05, 0.1) is 6.61 Å². The van der Waals surface area contributed by atoms with Gasteiger partial charge in [-0.15, -0.1) is 10.2 Å². The Hall–Kier alpha value is -2.81. The van der Waals surface area contributed by atoms with Gasteiger partial charge in [-0.3, -0.25) is 9.59 Å². The maximum atomic E-state index is 11.6. The molecule has 0 saturated heterocycles. The summed E-state index contributed by atoms with van der Waals surface area (Å²) in [6.45, 7) is 0.829. The monoisotopic (exact) mass is 304 g/mol. The number of methoxy groups -OCH3 is 1. The Labute approximate surface area is 126 Å². The van der Waals surface area contributed by atoms with Gasteiger partial charge in [0.15, 0.2) is 0 Å². The predicted octanol–water partition coefficient (Wildman–Crippen LogP) is -0.798. The maximum Gasteiger partial charge on any atom is 0.248 e. The average Bonchev–Trinajstić information content (AvgIpc) is 2.96. The standard InChI is InChI=1S/C13H16N6O3/c1-22-7-6-15-11(20)8-19-17-13(16-18-19)10-4-2-9(3-5-10)12(14)21/h2-5H,6-8H2,1H3,(H2,14,21)(H,15,20). The Bertz CT molecular complexity index is 652. The van der Waals surface area contributed by atoms with Crippen molar-refractivity contribution < 1.29 is 14.3 Å². The molecule has 0 radical (unpaired) electrons. The summed E-state index contributed by atoms with van der Waals surface area (Å²) < 4.78 is 4.83. The van der Waals surface area contributed by atoms with Crippen LogP contribution in [0.4, 0.5) is 0 Å². The molecule has 22 heavy (non-hydrogen) atoms. The molecule has 0 atom stereocenters. The fourth-order valence-electron chi connectivity index (χ4n) is 1.69. The maximum absolute atomic E-state index is 11.6. The SMILES string of the molecule is COCCNC(=O)Cn1nnc(-c2ccc(C(N)=O)cc2)n1. The van der Waals surface area contributed by atoms with Crippen LogP contribution in [0.5, 0.6) is 0 Å². The van der Waals surface area contributed by atoms with Gasteiger partial charge in [-0.05, 0) is 17.3 Å². The van der Waals surface area contributed by atoms with Crippen LogP contribution in [0.3, 0.4) is 0 Å². The van der Waals surface area contributed by atoms with Gasteiger partial charge in [-0.25, -0.2) is 0 Å². The van der Waals surface area contributed by atoms with Crippen molar-refractivity contribution >= 4 is 11.8 Å². The number of nitrogens with one attached hydrogen (secondary N) is 1. The summed E-state index contributed by atoms with van der Waals surface area (Å²) in [5.41, 5.74) is 6.25. The van der Waals surface area contributed by atoms with Crippen molar-refractivity contribution in [1.29, 1.82) is 0 Å². The molecule has 1 aromatic carbocycles. The largest absolute Gasteiger partial charge is 0.383 e. The summed E-state index contributed by atoms with van der Waals surface area (Å²) in [7, 11) is 1.56. The lowest BCUT2D eigenvalue weighted by Crippen LogP contribution is -2.31. The van der Waals surface area contributed by atoms with Crippen LogP contribution in [0.1, 0.15) is 10.4 Å². The fourth-order valence-corrected chi connectivity index (χ4v) is 1.69. The lowest BCUT2D eigenvalue weighted by atomic mass is 10.1. The first-order valence-electron chi connectivity index (χ1n) is 6.54. The van der Waals surface area contributed by atoms with Gasteiger partial charge in [0.2, 0.25) is 17.6 Å². The fraction of sp³-hybridized carbons (Fsp3) is 0.308. The molecule has 0 bridgehead atoms. The summed E-state index contributed by atoms with van der Waals surface area (Å²) >= 11 is 0. The van der Waals surface area contributed by atoms with E-state index in [1.165, 1.54) is 4.80 Å². The van der Waals surface area contributed by atoms with Gasteiger partial charge in [0, 0.05) is 24.8 Å². The van der Waals surface area contributed by atoms with Crippen LogP contribution in [0.2, 0.25) is 0 Å². The Morgan fingerprint density at radius 1 is 1.32 bits per heavy atom. The van der Waals surface area contributed by atoms with E-state index < -0.39 is 5.91 Å². The highest BCUT2D eigenvalue weighted by Crippen LogP contribution is 2.14. The van der Waals surface area contributed by atoms with E-state index in [-0.39, 0.29) is 12.5 Å². The number of rotatable bonds is 7. The van der Waals surface area contributed by atoms with E-state index in [9.17, 15) is 9.59 Å². The Morgan fingerprint density at radius 2 is 2.05 bits per heavy atom. The van der Waals surface area contributed by atoms with E-state index in [4.69, 9.17) is 10.5 Å². The summed E-state index contributed by atoms with van der Waals surface area (Å²) in [6.07, 6.45) is 0. The summed E-state index contributed by atoms with van der Waals surface area (Å²) in [5, 5.41) is 14.4. The molecular weight excluding hydrogens is 288 g/mol. The Morgan fingerprint density at radius 3 is 2.68 bits per heavy atom. The second kappa shape index (κ2) is 7.27. The topological polar surface area (TPSA) is 125 Å². The molecule has 2 aromatic rings. The molecule has 0 fully saturated rings. The average molecular weight is 304 g/mol. The number of benzene rings is 1. The van der Waals surface area contributed by atoms with Crippen LogP contribution >= 0.6 is 0 Å². The number of aromatic nitrogens is 4. The van der Waals surface area contributed by atoms with Gasteiger partial charge < -0.3 is 15.8 Å². The summed E-state index contributed by atoms with van der Waals surface area (Å²) in [4.78, 5) is 23.8. The summed E-state index contributed by atoms with van der Waals surface area (Å²) in [5.74, 6) is -0.373. The second-order valence-corrected chi connectivity index (χ2v) is 4.43. The molecule has 0 unspecified atom stereocenters. The van der Waals surface area contributed by atoms with Crippen molar-refractivity contribution in [3.8, 4) is 11.4 Å². The van der Waals surface area contributed by atoms with Crippen LogP contribution in [-0.4, -0.2) is 52.3 Å². The molecule has 0 aliphatic heterocycles. The van der Waals surface area contributed by atoms with Gasteiger partial charge in [0.25, 0.3) is 0 Å². The number of tetrazole rings is 1. The van der Waals surface area contributed by atoms with Crippen molar-refractivity contribution in [3.05, 3.63) is 29.8 Å². The smallest absolute Gasteiger partial charge is 0.248 e. The highest BCUT2D eigenvalue weighted by atomic mass is 16.5. The van der Waals surface area contributed by atoms with E-state index >= 15 is 0 Å². The first-order chi connectivity index (χ1) is 10.6. The third-order valence-electron chi connectivity index (χ3n) is 2.79. The zero-order chi connectivity index (χ0) is 15.9. The minimum Gasteiger partial charge on any atom is -0.383 e. The van der Waals surface area contributed by atoms with Crippen molar-refractivity contribution in [2.45, 2.75) is 6.54 Å². The highest BCUT2D eigenvalue weighted by molar-refractivity contribution is 5.93. The zero-order valence-corrected chi connectivity index (χ0v) is 12.0. The van der Waals surface area contributed by atoms with Crippen LogP contribution in [0.25, 0.3) is 11.4 Å². The molecule has 116 valence electrons. The van der Waals surface area contributed by atoms with Crippen molar-refractivity contribution in [1.82, 2.24) is 25.5 Å². The number of carbonyl (C=O) groups excluding carboxylic acids is 2. The first-order valence-corrected chi connectivity index (χ1v) is 6.54. The molecule has 0 saturated carbocycles. The molecule has 2 rings (SSSR count). The highest BCUT2D eigenvalue weighted by Gasteiger charge is 2.09. The number of nitrogens with zero attached hydrogens (tertiary/aromatic N) is 4. The molecule has 1 heterocycles. The number of ether oxygens (including phenoxy) is 1. The van der Waals surface area contributed by atoms with Crippen LogP contribution < -0.4 is 11.1 Å². The lowest BCUT2D eigenvalue weighted by Gasteiger charge is -2.02. The van der Waals surface area contributed by atoms with Crippen LogP contribution in [0.15, 0.2) is 24.3 Å². The van der Waals surface area contributed by atoms with E-state index in [1.807, 2.05) is 0 Å². The van der Waals surface area contributed by atoms with Crippen molar-refractivity contribution in [2.75, 3.05) is 20.3 Å². The van der Waals surface area contributed by atoms with Crippen molar-refractivity contribution in [2.24, 2.45) is 5.73 Å². The molecule has 0 aliphatic rings. The summed E-state index contributed by atoms with van der Waals surface area (Å²) in [6, 6.07) is 6.49. The molecular formula is C13H16N6O3. The number of amides is 2. The Balaban J connectivity index is 1.98. The number of hydrogen-bond acceptors (Lipinski definition) is 6. The molecule has 0 spiro atoms. The van der Waals surface area contributed by atoms with Crippen LogP contribution in [0, 0.1) is 0 Å². The van der Waals surface area contributed by atoms with Gasteiger partial charge in [-0.1, -0.05) is 12.1 Å². The molecule has 2 amide bonds. The predicted molar refractivity (Wildman–Crippen MR) is 76.7 cm³/mol. The minimum absolute atomic E-state index is 0.0317. The van der Waals surface area contributed by atoms with E-state index in [2.05, 4.69) is 20.7 Å². The van der Waals surface area contributed by atoms with Gasteiger partial charge >= 0.3 is 0 Å². The van der Waals surface area contributed by atoms with Gasteiger partial charge in [0.1, 0.15) is 6.54 Å². The van der Waals surface area contributed by atoms with E-state index in [0.29, 0.717) is 30.1 Å². The van der Waals surface area contributed by atoms with E-state index in [0.717, 1.165) is 0 Å². The molecule has 9 heteroatoms. The zero-order valence-electron chi connectivity index (χ0n) is 12.0. The normalized spacial score (nSPS) is 10.4. The minimum atomic E-state index is -0.504. The quantitative estimate of drug-likeness (QED) is 0.645. The number of hydrogen-bond donors (Lipinski definition) is 2. The van der Waals surface area contributed by atoms with Crippen LogP contribution in [-0.2, 0) is 16.1 Å². The molecule has 9 nitrogen and oxygen atoms in total. The van der Waals surface area contributed by atoms with Crippen molar-refractivity contribution in [3.63, 3.8) is 0 Å². The molecule has 3 N–H and O–H groups in total. The third-order valence-corrected chi connectivity index (χ3v) is 2.79. The number of nitrogens with two attached hydrogens (primary N) is 1. The number of carbonyl (C=O) groups is 2. The first kappa shape index (κ1) is 15.6. The number of primary amides is 1. The second-order valence-electron chi connectivity index (χ2n) is 4.43. The Kier molecular flexibility index (Phi) is 5.15. The third kappa shape index (κ3) is 4.09. The molecule has 0 aliphatic carbocycles. The lowest BCUT2D eigenvalue weighted by molar-refractivity contribution is -0.122.